The van der Waals surface area contributed by atoms with Crippen LogP contribution < -0.4 is 16.0 Å². The molecule has 0 bridgehead atoms. The van der Waals surface area contributed by atoms with Crippen LogP contribution in [0, 0.1) is 0 Å². The summed E-state index contributed by atoms with van der Waals surface area (Å²) in [6.07, 6.45) is 0. The zero-order valence-corrected chi connectivity index (χ0v) is 16.7. The van der Waals surface area contributed by atoms with E-state index in [0.717, 1.165) is 0 Å². The summed E-state index contributed by atoms with van der Waals surface area (Å²) < 4.78 is 0. The van der Waals surface area contributed by atoms with Gasteiger partial charge in [-0.2, -0.15) is 15.0 Å². The molecule has 12 nitrogen and oxygen atoms in total. The Morgan fingerprint density at radius 3 is 0.909 bits per heavy atom. The summed E-state index contributed by atoms with van der Waals surface area (Å²) in [7, 11) is 0. The zero-order valence-electron chi connectivity index (χ0n) is 16.7. The summed E-state index contributed by atoms with van der Waals surface area (Å²) in [5, 5.41) is 66.3. The molecule has 33 heavy (non-hydrogen) atoms. The van der Waals surface area contributed by atoms with E-state index in [9.17, 15) is 30.6 Å². The Hall–Kier alpha value is -5.13. The molecule has 0 atom stereocenters. The monoisotopic (exact) mass is 450 g/mol. The SMILES string of the molecule is Oc1ccc(Nc2nc(Nc3ccc(O)c(O)c3)nc(Nc3ccc(O)c(O)c3)n2)cc1O. The largest absolute Gasteiger partial charge is 0.504 e. The van der Waals surface area contributed by atoms with Crippen LogP contribution in [0.15, 0.2) is 54.6 Å². The van der Waals surface area contributed by atoms with Gasteiger partial charge in [-0.3, -0.25) is 0 Å². The summed E-state index contributed by atoms with van der Waals surface area (Å²) in [6.45, 7) is 0. The van der Waals surface area contributed by atoms with E-state index in [0.29, 0.717) is 17.1 Å². The van der Waals surface area contributed by atoms with E-state index < -0.39 is 0 Å². The Morgan fingerprint density at radius 1 is 0.394 bits per heavy atom. The van der Waals surface area contributed by atoms with Crippen LogP contribution in [-0.2, 0) is 0 Å². The van der Waals surface area contributed by atoms with Crippen molar-refractivity contribution in [2.45, 2.75) is 0 Å². The number of nitrogens with zero attached hydrogens (tertiary/aromatic N) is 3. The Balaban J connectivity index is 1.68. The first-order chi connectivity index (χ1) is 15.8. The van der Waals surface area contributed by atoms with Gasteiger partial charge >= 0.3 is 0 Å². The highest BCUT2D eigenvalue weighted by molar-refractivity contribution is 5.65. The third kappa shape index (κ3) is 4.96. The van der Waals surface area contributed by atoms with Crippen LogP contribution in [0.3, 0.4) is 0 Å². The Morgan fingerprint density at radius 2 is 0.667 bits per heavy atom. The zero-order chi connectivity index (χ0) is 23.5. The van der Waals surface area contributed by atoms with E-state index in [-0.39, 0.29) is 52.3 Å². The molecule has 1 heterocycles. The fourth-order valence-electron chi connectivity index (χ4n) is 2.73. The van der Waals surface area contributed by atoms with Crippen molar-refractivity contribution in [2.75, 3.05) is 16.0 Å². The maximum atomic E-state index is 9.72. The molecule has 0 spiro atoms. The van der Waals surface area contributed by atoms with Crippen molar-refractivity contribution in [3.05, 3.63) is 54.6 Å². The van der Waals surface area contributed by atoms with Crippen molar-refractivity contribution in [1.82, 2.24) is 15.0 Å². The summed E-state index contributed by atoms with van der Waals surface area (Å²) in [6, 6.07) is 12.2. The first-order valence-corrected chi connectivity index (χ1v) is 9.40. The van der Waals surface area contributed by atoms with Crippen molar-refractivity contribution in [3.8, 4) is 34.5 Å². The van der Waals surface area contributed by atoms with E-state index >= 15 is 0 Å². The van der Waals surface area contributed by atoms with Gasteiger partial charge in [0.25, 0.3) is 0 Å². The minimum Gasteiger partial charge on any atom is -0.504 e. The second kappa shape index (κ2) is 8.55. The summed E-state index contributed by atoms with van der Waals surface area (Å²) in [5.41, 5.74) is 1.12. The number of phenols is 6. The number of phenolic OH excluding ortho intramolecular Hbond substituents is 6. The lowest BCUT2D eigenvalue weighted by molar-refractivity contribution is 0.404. The topological polar surface area (TPSA) is 196 Å². The second-order valence-electron chi connectivity index (χ2n) is 6.79. The lowest BCUT2D eigenvalue weighted by Gasteiger charge is -2.12. The number of hydrogen-bond donors (Lipinski definition) is 9. The van der Waals surface area contributed by atoms with Gasteiger partial charge in [0.2, 0.25) is 17.8 Å². The molecule has 0 radical (unpaired) electrons. The van der Waals surface area contributed by atoms with Gasteiger partial charge in [-0.25, -0.2) is 0 Å². The fourth-order valence-corrected chi connectivity index (χ4v) is 2.73. The van der Waals surface area contributed by atoms with E-state index in [1.807, 2.05) is 0 Å². The molecule has 168 valence electrons. The number of aromatic hydroxyl groups is 6. The second-order valence-corrected chi connectivity index (χ2v) is 6.79. The average molecular weight is 450 g/mol. The minimum atomic E-state index is -0.343. The molecule has 12 heteroatoms. The number of aromatic nitrogens is 3. The molecular formula is C21H18N6O6. The third-order valence-electron chi connectivity index (χ3n) is 4.33. The molecule has 4 rings (SSSR count). The highest BCUT2D eigenvalue weighted by Gasteiger charge is 2.11. The van der Waals surface area contributed by atoms with Crippen molar-refractivity contribution in [3.63, 3.8) is 0 Å². The van der Waals surface area contributed by atoms with Crippen LogP contribution in [0.1, 0.15) is 0 Å². The van der Waals surface area contributed by atoms with Crippen molar-refractivity contribution >= 4 is 34.9 Å². The average Bonchev–Trinajstić information content (AvgIpc) is 2.76. The Kier molecular flexibility index (Phi) is 5.47. The van der Waals surface area contributed by atoms with E-state index in [4.69, 9.17) is 0 Å². The summed E-state index contributed by atoms with van der Waals surface area (Å²) in [4.78, 5) is 12.7. The molecule has 0 saturated carbocycles. The maximum absolute atomic E-state index is 9.72. The first kappa shape index (κ1) is 21.1. The fraction of sp³-hybridized carbons (Fsp3) is 0. The van der Waals surface area contributed by atoms with Gasteiger partial charge in [0, 0.05) is 35.3 Å². The molecule has 0 unspecified atom stereocenters. The van der Waals surface area contributed by atoms with Crippen LogP contribution in [0.5, 0.6) is 34.5 Å². The lowest BCUT2D eigenvalue weighted by atomic mass is 10.3. The van der Waals surface area contributed by atoms with Crippen LogP contribution in [0.25, 0.3) is 0 Å². The molecule has 1 aromatic heterocycles. The van der Waals surface area contributed by atoms with Gasteiger partial charge in [0.1, 0.15) is 0 Å². The van der Waals surface area contributed by atoms with Crippen LogP contribution in [0.4, 0.5) is 34.9 Å². The highest BCUT2D eigenvalue weighted by Crippen LogP contribution is 2.32. The van der Waals surface area contributed by atoms with E-state index in [2.05, 4.69) is 30.9 Å². The standard InChI is InChI=1S/C21H18N6O6/c28-13-4-1-10(7-16(13)31)22-19-25-20(23-11-2-5-14(29)17(32)8-11)27-21(26-19)24-12-3-6-15(30)18(33)9-12/h1-9,28-33H,(H3,22,23,24,25,26,27). The quantitative estimate of drug-likeness (QED) is 0.154. The van der Waals surface area contributed by atoms with E-state index in [1.54, 1.807) is 0 Å². The van der Waals surface area contributed by atoms with Gasteiger partial charge < -0.3 is 46.6 Å². The molecule has 0 fully saturated rings. The van der Waals surface area contributed by atoms with Crippen LogP contribution in [-0.4, -0.2) is 45.6 Å². The number of hydrogen-bond acceptors (Lipinski definition) is 12. The predicted octanol–water partition coefficient (Wildman–Crippen LogP) is 3.34. The molecular weight excluding hydrogens is 432 g/mol. The van der Waals surface area contributed by atoms with Gasteiger partial charge in [-0.05, 0) is 36.4 Å². The maximum Gasteiger partial charge on any atom is 0.233 e. The molecule has 0 aliphatic heterocycles. The number of rotatable bonds is 6. The molecule has 4 aromatic rings. The van der Waals surface area contributed by atoms with E-state index in [1.165, 1.54) is 54.6 Å². The minimum absolute atomic E-state index is 0.0473. The first-order valence-electron chi connectivity index (χ1n) is 9.40. The number of benzene rings is 3. The molecule has 9 N–H and O–H groups in total. The van der Waals surface area contributed by atoms with Crippen molar-refractivity contribution in [2.24, 2.45) is 0 Å². The van der Waals surface area contributed by atoms with Crippen LogP contribution in [0.2, 0.25) is 0 Å². The predicted molar refractivity (Wildman–Crippen MR) is 119 cm³/mol. The smallest absolute Gasteiger partial charge is 0.233 e. The van der Waals surface area contributed by atoms with Gasteiger partial charge in [-0.1, -0.05) is 0 Å². The lowest BCUT2D eigenvalue weighted by Crippen LogP contribution is -2.07. The highest BCUT2D eigenvalue weighted by atomic mass is 16.3. The number of anilines is 6. The molecule has 0 aliphatic rings. The summed E-state index contributed by atoms with van der Waals surface area (Å²) >= 11 is 0. The molecule has 0 saturated heterocycles. The van der Waals surface area contributed by atoms with Gasteiger partial charge in [0.15, 0.2) is 34.5 Å². The van der Waals surface area contributed by atoms with Crippen molar-refractivity contribution < 1.29 is 30.6 Å². The molecule has 0 amide bonds. The normalized spacial score (nSPS) is 10.5. The molecule has 0 aliphatic carbocycles. The molecule has 3 aromatic carbocycles. The Labute approximate surface area is 186 Å². The summed E-state index contributed by atoms with van der Waals surface area (Å²) in [5.74, 6) is -1.76. The van der Waals surface area contributed by atoms with Crippen molar-refractivity contribution in [1.29, 1.82) is 0 Å². The van der Waals surface area contributed by atoms with Gasteiger partial charge in [-0.15, -0.1) is 0 Å². The third-order valence-corrected chi connectivity index (χ3v) is 4.33. The number of nitrogens with one attached hydrogen (secondary N) is 3. The Bertz CT molecular complexity index is 1160. The van der Waals surface area contributed by atoms with Gasteiger partial charge in [0.05, 0.1) is 0 Å². The van der Waals surface area contributed by atoms with Crippen LogP contribution >= 0.6 is 0 Å².